The van der Waals surface area contributed by atoms with Gasteiger partial charge in [0.25, 0.3) is 6.43 Å². The average Bonchev–Trinajstić information content (AvgIpc) is 2.15. The summed E-state index contributed by atoms with van der Waals surface area (Å²) in [5.74, 6) is -1.15. The zero-order valence-electron chi connectivity index (χ0n) is 8.16. The van der Waals surface area contributed by atoms with E-state index in [0.29, 0.717) is 0 Å². The average molecular weight is 250 g/mol. The maximum atomic E-state index is 12.7. The number of carboxylic acid groups (broad SMARTS) is 1. The highest BCUT2D eigenvalue weighted by Crippen LogP contribution is 2.33. The largest absolute Gasteiger partial charge is 0.481 e. The lowest BCUT2D eigenvalue weighted by Gasteiger charge is -2.15. The second-order valence-electron chi connectivity index (χ2n) is 3.25. The first-order valence-corrected chi connectivity index (χ1v) is 4.85. The number of benzene rings is 1. The lowest BCUT2D eigenvalue weighted by atomic mass is 9.99. The fraction of sp³-hybridized carbons (Fsp3) is 0.300. The minimum Gasteiger partial charge on any atom is -0.481 e. The van der Waals surface area contributed by atoms with Crippen LogP contribution in [0.1, 0.15) is 30.0 Å². The van der Waals surface area contributed by atoms with Gasteiger partial charge < -0.3 is 10.8 Å². The normalized spacial score (nSPS) is 12.8. The molecule has 0 aromatic heterocycles. The van der Waals surface area contributed by atoms with Crippen molar-refractivity contribution in [3.63, 3.8) is 0 Å². The van der Waals surface area contributed by atoms with Gasteiger partial charge in [0, 0.05) is 16.6 Å². The highest BCUT2D eigenvalue weighted by Gasteiger charge is 2.21. The van der Waals surface area contributed by atoms with Gasteiger partial charge in [-0.15, -0.1) is 0 Å². The van der Waals surface area contributed by atoms with Crippen LogP contribution in [0.4, 0.5) is 8.78 Å². The molecule has 3 nitrogen and oxygen atoms in total. The first kappa shape index (κ1) is 12.9. The minimum absolute atomic E-state index is 0.0740. The summed E-state index contributed by atoms with van der Waals surface area (Å²) >= 11 is 5.62. The maximum absolute atomic E-state index is 12.7. The van der Waals surface area contributed by atoms with E-state index in [0.717, 1.165) is 0 Å². The van der Waals surface area contributed by atoms with E-state index in [-0.39, 0.29) is 10.6 Å². The number of carbonyl (C=O) groups is 1. The van der Waals surface area contributed by atoms with Gasteiger partial charge in [0.1, 0.15) is 0 Å². The van der Waals surface area contributed by atoms with Crippen molar-refractivity contribution in [3.05, 3.63) is 34.3 Å². The van der Waals surface area contributed by atoms with Crippen molar-refractivity contribution < 1.29 is 18.7 Å². The molecule has 1 aromatic carbocycles. The number of carboxylic acids is 1. The number of hydrogen-bond donors (Lipinski definition) is 2. The molecule has 0 aliphatic rings. The standard InChI is InChI=1S/C10H10ClF2NO2/c11-6-3-1-2-5(9(6)10(12)13)7(14)4-8(15)16/h1-3,7,10H,4,14H2,(H,15,16). The second kappa shape index (κ2) is 5.23. The lowest BCUT2D eigenvalue weighted by Crippen LogP contribution is -2.17. The van der Waals surface area contributed by atoms with Gasteiger partial charge in [0.2, 0.25) is 0 Å². The van der Waals surface area contributed by atoms with E-state index in [9.17, 15) is 13.6 Å². The first-order valence-electron chi connectivity index (χ1n) is 4.47. The van der Waals surface area contributed by atoms with Crippen molar-refractivity contribution in [3.8, 4) is 0 Å². The molecular formula is C10H10ClF2NO2. The zero-order valence-corrected chi connectivity index (χ0v) is 8.92. The van der Waals surface area contributed by atoms with Gasteiger partial charge in [-0.3, -0.25) is 4.79 Å². The van der Waals surface area contributed by atoms with Crippen LogP contribution in [0.3, 0.4) is 0 Å². The molecule has 0 spiro atoms. The number of alkyl halides is 2. The van der Waals surface area contributed by atoms with Crippen molar-refractivity contribution in [2.75, 3.05) is 0 Å². The lowest BCUT2D eigenvalue weighted by molar-refractivity contribution is -0.137. The third kappa shape index (κ3) is 2.90. The topological polar surface area (TPSA) is 63.3 Å². The van der Waals surface area contributed by atoms with Crippen molar-refractivity contribution in [2.24, 2.45) is 5.73 Å². The van der Waals surface area contributed by atoms with Gasteiger partial charge in [-0.2, -0.15) is 0 Å². The van der Waals surface area contributed by atoms with E-state index >= 15 is 0 Å². The molecule has 6 heteroatoms. The molecule has 16 heavy (non-hydrogen) atoms. The molecule has 1 aromatic rings. The van der Waals surface area contributed by atoms with E-state index in [4.69, 9.17) is 22.4 Å². The van der Waals surface area contributed by atoms with Gasteiger partial charge in [-0.05, 0) is 11.6 Å². The fourth-order valence-electron chi connectivity index (χ4n) is 1.41. The Morgan fingerprint density at radius 1 is 1.50 bits per heavy atom. The first-order chi connectivity index (χ1) is 7.43. The summed E-state index contributed by atoms with van der Waals surface area (Å²) in [5, 5.41) is 8.44. The molecule has 88 valence electrons. The van der Waals surface area contributed by atoms with Crippen LogP contribution in [-0.2, 0) is 4.79 Å². The van der Waals surface area contributed by atoms with Crippen LogP contribution in [-0.4, -0.2) is 11.1 Å². The molecule has 0 aliphatic carbocycles. The van der Waals surface area contributed by atoms with Crippen LogP contribution in [0.5, 0.6) is 0 Å². The number of hydrogen-bond acceptors (Lipinski definition) is 2. The van der Waals surface area contributed by atoms with E-state index in [2.05, 4.69) is 0 Å². The van der Waals surface area contributed by atoms with Crippen LogP contribution >= 0.6 is 11.6 Å². The molecule has 0 amide bonds. The maximum Gasteiger partial charge on any atom is 0.305 e. The van der Waals surface area contributed by atoms with Gasteiger partial charge in [0.15, 0.2) is 0 Å². The summed E-state index contributed by atoms with van der Waals surface area (Å²) in [7, 11) is 0. The molecule has 1 unspecified atom stereocenters. The molecule has 0 radical (unpaired) electrons. The van der Waals surface area contributed by atoms with E-state index in [1.807, 2.05) is 0 Å². The molecule has 3 N–H and O–H groups in total. The van der Waals surface area contributed by atoms with Gasteiger partial charge in [0.05, 0.1) is 6.42 Å². The molecule has 0 heterocycles. The zero-order chi connectivity index (χ0) is 12.3. The fourth-order valence-corrected chi connectivity index (χ4v) is 1.67. The summed E-state index contributed by atoms with van der Waals surface area (Å²) in [4.78, 5) is 10.4. The molecule has 0 fully saturated rings. The summed E-state index contributed by atoms with van der Waals surface area (Å²) in [6.07, 6.45) is -3.19. The number of nitrogens with two attached hydrogens (primary N) is 1. The van der Waals surface area contributed by atoms with Gasteiger partial charge >= 0.3 is 5.97 Å². The predicted molar refractivity (Wildman–Crippen MR) is 55.6 cm³/mol. The van der Waals surface area contributed by atoms with Crippen LogP contribution in [0.2, 0.25) is 5.02 Å². The summed E-state index contributed by atoms with van der Waals surface area (Å²) in [5.41, 5.74) is 5.21. The summed E-state index contributed by atoms with van der Waals surface area (Å²) in [6, 6.07) is 3.16. The Morgan fingerprint density at radius 3 is 2.62 bits per heavy atom. The number of rotatable bonds is 4. The quantitative estimate of drug-likeness (QED) is 0.862. The summed E-state index contributed by atoms with van der Waals surface area (Å²) < 4.78 is 25.4. The van der Waals surface area contributed by atoms with Crippen molar-refractivity contribution in [1.82, 2.24) is 0 Å². The molecule has 0 bridgehead atoms. The van der Waals surface area contributed by atoms with Crippen LogP contribution in [0.25, 0.3) is 0 Å². The monoisotopic (exact) mass is 249 g/mol. The smallest absolute Gasteiger partial charge is 0.305 e. The summed E-state index contributed by atoms with van der Waals surface area (Å²) in [6.45, 7) is 0. The van der Waals surface area contributed by atoms with Crippen molar-refractivity contribution >= 4 is 17.6 Å². The minimum atomic E-state index is -2.77. The second-order valence-corrected chi connectivity index (χ2v) is 3.65. The van der Waals surface area contributed by atoms with Crippen molar-refractivity contribution in [1.29, 1.82) is 0 Å². The van der Waals surface area contributed by atoms with Gasteiger partial charge in [-0.1, -0.05) is 23.7 Å². The Labute approximate surface area is 95.8 Å². The Bertz CT molecular complexity index is 398. The SMILES string of the molecule is NC(CC(=O)O)c1cccc(Cl)c1C(F)F. The van der Waals surface area contributed by atoms with Crippen LogP contribution in [0, 0.1) is 0 Å². The third-order valence-corrected chi connectivity index (χ3v) is 2.43. The highest BCUT2D eigenvalue weighted by molar-refractivity contribution is 6.31. The predicted octanol–water partition coefficient (Wildman–Crippen LogP) is 2.75. The molecule has 0 saturated heterocycles. The molecule has 0 saturated carbocycles. The van der Waals surface area contributed by atoms with Crippen molar-refractivity contribution in [2.45, 2.75) is 18.9 Å². The molecular weight excluding hydrogens is 240 g/mol. The Balaban J connectivity index is 3.12. The van der Waals surface area contributed by atoms with Crippen LogP contribution in [0.15, 0.2) is 18.2 Å². The molecule has 0 aliphatic heterocycles. The number of aliphatic carboxylic acids is 1. The third-order valence-electron chi connectivity index (χ3n) is 2.10. The Morgan fingerprint density at radius 2 is 2.12 bits per heavy atom. The van der Waals surface area contributed by atoms with E-state index in [1.165, 1.54) is 18.2 Å². The molecule has 1 rings (SSSR count). The van der Waals surface area contributed by atoms with E-state index in [1.54, 1.807) is 0 Å². The van der Waals surface area contributed by atoms with E-state index < -0.39 is 30.4 Å². The Hall–Kier alpha value is -1.20. The van der Waals surface area contributed by atoms with Gasteiger partial charge in [-0.25, -0.2) is 8.78 Å². The van der Waals surface area contributed by atoms with Crippen LogP contribution < -0.4 is 5.73 Å². The number of halogens is 3. The Kier molecular flexibility index (Phi) is 4.20. The molecule has 1 atom stereocenters. The highest BCUT2D eigenvalue weighted by atomic mass is 35.5.